The monoisotopic (exact) mass is 410 g/mol. The zero-order chi connectivity index (χ0) is 21.8. The highest BCUT2D eigenvalue weighted by Gasteiger charge is 2.16. The van der Waals surface area contributed by atoms with Crippen LogP contribution in [0.25, 0.3) is 27.5 Å². The Hall–Kier alpha value is -3.42. The first-order chi connectivity index (χ1) is 15.1. The Bertz CT molecular complexity index is 1290. The van der Waals surface area contributed by atoms with Gasteiger partial charge in [0, 0.05) is 34.3 Å². The lowest BCUT2D eigenvalue weighted by molar-refractivity contribution is 0.424. The van der Waals surface area contributed by atoms with E-state index in [4.69, 9.17) is 10.0 Å². The van der Waals surface area contributed by atoms with Crippen molar-refractivity contribution in [2.45, 2.75) is 0 Å². The van der Waals surface area contributed by atoms with Gasteiger partial charge in [0.15, 0.2) is 0 Å². The Morgan fingerprint density at radius 2 is 1.29 bits per heavy atom. The van der Waals surface area contributed by atoms with Gasteiger partial charge in [0.25, 0.3) is 0 Å². The lowest BCUT2D eigenvalue weighted by atomic mass is 9.80. The molecule has 4 N–H and O–H groups in total. The van der Waals surface area contributed by atoms with Gasteiger partial charge in [-0.25, -0.2) is 0 Å². The molecule has 0 saturated carbocycles. The summed E-state index contributed by atoms with van der Waals surface area (Å²) < 4.78 is 2.19. The number of aromatic nitrogens is 2. The van der Waals surface area contributed by atoms with E-state index in [0.717, 1.165) is 27.5 Å². The number of nitrogens with zero attached hydrogens (tertiary/aromatic N) is 2. The van der Waals surface area contributed by atoms with E-state index in [1.165, 1.54) is 6.20 Å². The van der Waals surface area contributed by atoms with Crippen LogP contribution in [0.2, 0.25) is 0 Å². The summed E-state index contributed by atoms with van der Waals surface area (Å²) in [5, 5.41) is 38.1. The van der Waals surface area contributed by atoms with E-state index in [-0.39, 0.29) is 0 Å². The molecule has 0 atom stereocenters. The van der Waals surface area contributed by atoms with Gasteiger partial charge in [0.1, 0.15) is 0 Å². The minimum atomic E-state index is -1.46. The highest BCUT2D eigenvalue weighted by atomic mass is 16.4. The molecule has 2 aromatic heterocycles. The van der Waals surface area contributed by atoms with Crippen molar-refractivity contribution in [3.8, 4) is 5.69 Å². The molecule has 3 aromatic carbocycles. The lowest BCUT2D eigenvalue weighted by Crippen LogP contribution is -2.29. The summed E-state index contributed by atoms with van der Waals surface area (Å²) in [6.45, 7) is 0. The number of fused-ring (bicyclic) bond motifs is 3. The van der Waals surface area contributed by atoms with Crippen LogP contribution in [-0.4, -0.2) is 43.9 Å². The van der Waals surface area contributed by atoms with Crippen LogP contribution in [0, 0.1) is 0 Å². The Balaban J connectivity index is 0.000000217. The number of hydrogen-bond donors (Lipinski definition) is 4. The van der Waals surface area contributed by atoms with Gasteiger partial charge in [-0.3, -0.25) is 4.98 Å². The summed E-state index contributed by atoms with van der Waals surface area (Å²) in [7, 11) is -2.86. The molecule has 5 rings (SSSR count). The lowest BCUT2D eigenvalue weighted by Gasteiger charge is -2.07. The van der Waals surface area contributed by atoms with E-state index >= 15 is 0 Å². The molecule has 0 amide bonds. The van der Waals surface area contributed by atoms with Gasteiger partial charge >= 0.3 is 14.2 Å². The van der Waals surface area contributed by atoms with Crippen LogP contribution < -0.4 is 10.9 Å². The minimum absolute atomic E-state index is 0.414. The molecule has 0 fully saturated rings. The molecular formula is C23H20B2N2O4. The van der Waals surface area contributed by atoms with E-state index in [2.05, 4.69) is 33.8 Å². The molecule has 6 nitrogen and oxygen atoms in total. The summed E-state index contributed by atoms with van der Waals surface area (Å²) >= 11 is 0. The van der Waals surface area contributed by atoms with Crippen LogP contribution in [0.1, 0.15) is 0 Å². The molecule has 0 bridgehead atoms. The number of rotatable bonds is 3. The van der Waals surface area contributed by atoms with Crippen LogP contribution in [-0.2, 0) is 0 Å². The second-order valence-electron chi connectivity index (χ2n) is 7.00. The largest absolute Gasteiger partial charge is 0.490 e. The SMILES string of the molecule is OB(O)c1ccc2c(c1)c1ccccc1n2-c1ccccc1.OB(O)c1cccnc1. The van der Waals surface area contributed by atoms with Crippen molar-refractivity contribution in [3.63, 3.8) is 0 Å². The first-order valence-corrected chi connectivity index (χ1v) is 9.77. The predicted molar refractivity (Wildman–Crippen MR) is 125 cm³/mol. The van der Waals surface area contributed by atoms with E-state index in [1.807, 2.05) is 42.5 Å². The van der Waals surface area contributed by atoms with Gasteiger partial charge in [-0.1, -0.05) is 54.6 Å². The standard InChI is InChI=1S/C18H14BNO2.C5H6BNO2/c21-19(22)13-10-11-18-16(12-13)15-8-4-5-9-17(15)20(18)14-6-2-1-3-7-14;8-6(9)5-2-1-3-7-4-5/h1-12,21-22H;1-4,8-9H. The third kappa shape index (κ3) is 4.38. The second kappa shape index (κ2) is 9.16. The fourth-order valence-corrected chi connectivity index (χ4v) is 3.54. The summed E-state index contributed by atoms with van der Waals surface area (Å²) in [6.07, 6.45) is 2.98. The van der Waals surface area contributed by atoms with Crippen LogP contribution >= 0.6 is 0 Å². The quantitative estimate of drug-likeness (QED) is 0.336. The molecule has 5 aromatic rings. The average Bonchev–Trinajstić information content (AvgIpc) is 3.14. The van der Waals surface area contributed by atoms with Gasteiger partial charge in [-0.15, -0.1) is 0 Å². The highest BCUT2D eigenvalue weighted by molar-refractivity contribution is 6.59. The molecule has 8 heteroatoms. The molecule has 0 aliphatic rings. The van der Waals surface area contributed by atoms with Crippen molar-refractivity contribution in [2.75, 3.05) is 0 Å². The number of pyridine rings is 1. The fraction of sp³-hybridized carbons (Fsp3) is 0. The first kappa shape index (κ1) is 20.8. The molecule has 2 heterocycles. The van der Waals surface area contributed by atoms with Crippen molar-refractivity contribution < 1.29 is 20.1 Å². The normalized spacial score (nSPS) is 10.6. The fourth-order valence-electron chi connectivity index (χ4n) is 3.54. The van der Waals surface area contributed by atoms with E-state index in [1.54, 1.807) is 24.4 Å². The minimum Gasteiger partial charge on any atom is -0.423 e. The zero-order valence-corrected chi connectivity index (χ0v) is 16.6. The van der Waals surface area contributed by atoms with Crippen molar-refractivity contribution >= 4 is 47.0 Å². The second-order valence-corrected chi connectivity index (χ2v) is 7.00. The van der Waals surface area contributed by atoms with E-state index in [0.29, 0.717) is 10.9 Å². The number of hydrogen-bond acceptors (Lipinski definition) is 5. The molecule has 0 radical (unpaired) electrons. The summed E-state index contributed by atoms with van der Waals surface area (Å²) in [5.41, 5.74) is 4.16. The third-order valence-corrected chi connectivity index (χ3v) is 4.99. The van der Waals surface area contributed by atoms with Crippen molar-refractivity contribution in [2.24, 2.45) is 0 Å². The van der Waals surface area contributed by atoms with Gasteiger partial charge in [0.05, 0.1) is 11.0 Å². The Kier molecular flexibility index (Phi) is 6.16. The van der Waals surface area contributed by atoms with E-state index in [9.17, 15) is 10.0 Å². The summed E-state index contributed by atoms with van der Waals surface area (Å²) in [4.78, 5) is 3.69. The predicted octanol–water partition coefficient (Wildman–Crippen LogP) is 1.22. The number of para-hydroxylation sites is 2. The smallest absolute Gasteiger partial charge is 0.423 e. The van der Waals surface area contributed by atoms with E-state index < -0.39 is 14.2 Å². The third-order valence-electron chi connectivity index (χ3n) is 4.99. The van der Waals surface area contributed by atoms with Gasteiger partial charge < -0.3 is 24.7 Å². The van der Waals surface area contributed by atoms with Crippen LogP contribution in [0.5, 0.6) is 0 Å². The molecule has 152 valence electrons. The molecule has 0 aliphatic carbocycles. The highest BCUT2D eigenvalue weighted by Crippen LogP contribution is 2.31. The van der Waals surface area contributed by atoms with Gasteiger partial charge in [-0.2, -0.15) is 0 Å². The molecule has 0 saturated heterocycles. The molecular weight excluding hydrogens is 390 g/mol. The Morgan fingerprint density at radius 3 is 1.94 bits per heavy atom. The maximum Gasteiger partial charge on any atom is 0.490 e. The van der Waals surface area contributed by atoms with Crippen LogP contribution in [0.15, 0.2) is 97.3 Å². The maximum atomic E-state index is 9.43. The Labute approximate surface area is 180 Å². The summed E-state index contributed by atoms with van der Waals surface area (Å²) in [5.74, 6) is 0. The molecule has 0 aliphatic heterocycles. The van der Waals surface area contributed by atoms with Crippen molar-refractivity contribution in [3.05, 3.63) is 97.3 Å². The number of benzene rings is 3. The van der Waals surface area contributed by atoms with Gasteiger partial charge in [0.2, 0.25) is 0 Å². The van der Waals surface area contributed by atoms with Crippen LogP contribution in [0.3, 0.4) is 0 Å². The van der Waals surface area contributed by atoms with Gasteiger partial charge in [-0.05, 0) is 35.8 Å². The first-order valence-electron chi connectivity index (χ1n) is 9.77. The summed E-state index contributed by atoms with van der Waals surface area (Å²) in [6, 6.07) is 27.1. The maximum absolute atomic E-state index is 9.43. The van der Waals surface area contributed by atoms with Crippen molar-refractivity contribution in [1.82, 2.24) is 9.55 Å². The van der Waals surface area contributed by atoms with Crippen molar-refractivity contribution in [1.29, 1.82) is 0 Å². The topological polar surface area (TPSA) is 98.7 Å². The molecule has 0 spiro atoms. The zero-order valence-electron chi connectivity index (χ0n) is 16.6. The molecule has 31 heavy (non-hydrogen) atoms. The Morgan fingerprint density at radius 1 is 0.613 bits per heavy atom. The van der Waals surface area contributed by atoms with Crippen LogP contribution in [0.4, 0.5) is 0 Å². The average molecular weight is 410 g/mol. The molecule has 0 unspecified atom stereocenters.